The SMILES string of the molecule is COCc1cccc(NC(=O)c2cccc(F)c2Br)c1. The van der Waals surface area contributed by atoms with Gasteiger partial charge in [-0.2, -0.15) is 0 Å². The Hall–Kier alpha value is -1.72. The van der Waals surface area contributed by atoms with E-state index in [0.717, 1.165) is 5.56 Å². The molecule has 20 heavy (non-hydrogen) atoms. The number of methoxy groups -OCH3 is 1. The van der Waals surface area contributed by atoms with Gasteiger partial charge in [-0.25, -0.2) is 4.39 Å². The number of rotatable bonds is 4. The zero-order chi connectivity index (χ0) is 14.5. The number of carbonyl (C=O) groups excluding carboxylic acids is 1. The quantitative estimate of drug-likeness (QED) is 0.916. The van der Waals surface area contributed by atoms with E-state index in [-0.39, 0.29) is 15.9 Å². The molecule has 1 N–H and O–H groups in total. The Morgan fingerprint density at radius 2 is 2.05 bits per heavy atom. The second-order valence-electron chi connectivity index (χ2n) is 4.19. The van der Waals surface area contributed by atoms with Crippen LogP contribution in [-0.4, -0.2) is 13.0 Å². The summed E-state index contributed by atoms with van der Waals surface area (Å²) in [6, 6.07) is 11.7. The van der Waals surface area contributed by atoms with Crippen molar-refractivity contribution in [3.8, 4) is 0 Å². The van der Waals surface area contributed by atoms with Gasteiger partial charge in [-0.15, -0.1) is 0 Å². The third-order valence-corrected chi connectivity index (χ3v) is 3.50. The van der Waals surface area contributed by atoms with Crippen LogP contribution in [0, 0.1) is 5.82 Å². The molecule has 0 heterocycles. The molecule has 0 radical (unpaired) electrons. The molecule has 0 unspecified atom stereocenters. The summed E-state index contributed by atoms with van der Waals surface area (Å²) < 4.78 is 18.6. The molecule has 0 spiro atoms. The molecular weight excluding hydrogens is 325 g/mol. The van der Waals surface area contributed by atoms with Crippen LogP contribution in [0.4, 0.5) is 10.1 Å². The van der Waals surface area contributed by atoms with Gasteiger partial charge in [0.1, 0.15) is 5.82 Å². The first-order chi connectivity index (χ1) is 9.61. The molecule has 0 fully saturated rings. The molecule has 0 saturated carbocycles. The summed E-state index contributed by atoms with van der Waals surface area (Å²) in [6.45, 7) is 0.466. The zero-order valence-electron chi connectivity index (χ0n) is 10.8. The first kappa shape index (κ1) is 14.7. The van der Waals surface area contributed by atoms with Gasteiger partial charge in [0.05, 0.1) is 16.6 Å². The maximum atomic E-state index is 13.4. The molecule has 5 heteroatoms. The van der Waals surface area contributed by atoms with Crippen LogP contribution in [-0.2, 0) is 11.3 Å². The number of amides is 1. The summed E-state index contributed by atoms with van der Waals surface area (Å²) in [4.78, 5) is 12.1. The van der Waals surface area contributed by atoms with Crippen LogP contribution in [0.5, 0.6) is 0 Å². The largest absolute Gasteiger partial charge is 0.380 e. The number of ether oxygens (including phenoxy) is 1. The second-order valence-corrected chi connectivity index (χ2v) is 4.98. The molecule has 0 aliphatic rings. The summed E-state index contributed by atoms with van der Waals surface area (Å²) in [6.07, 6.45) is 0. The minimum absolute atomic E-state index is 0.158. The Balaban J connectivity index is 2.19. The molecule has 0 atom stereocenters. The highest BCUT2D eigenvalue weighted by Gasteiger charge is 2.13. The lowest BCUT2D eigenvalue weighted by molar-refractivity contribution is 0.102. The van der Waals surface area contributed by atoms with Crippen molar-refractivity contribution in [2.45, 2.75) is 6.61 Å². The van der Waals surface area contributed by atoms with Crippen LogP contribution in [0.3, 0.4) is 0 Å². The van der Waals surface area contributed by atoms with Gasteiger partial charge in [-0.1, -0.05) is 18.2 Å². The van der Waals surface area contributed by atoms with E-state index in [4.69, 9.17) is 4.74 Å². The Morgan fingerprint density at radius 1 is 1.30 bits per heavy atom. The topological polar surface area (TPSA) is 38.3 Å². The normalized spacial score (nSPS) is 10.3. The van der Waals surface area contributed by atoms with Crippen molar-refractivity contribution in [1.29, 1.82) is 0 Å². The number of benzene rings is 2. The third kappa shape index (κ3) is 3.43. The van der Waals surface area contributed by atoms with Crippen LogP contribution in [0.1, 0.15) is 15.9 Å². The minimum atomic E-state index is -0.467. The molecule has 3 nitrogen and oxygen atoms in total. The van der Waals surface area contributed by atoms with Gasteiger partial charge < -0.3 is 10.1 Å². The van der Waals surface area contributed by atoms with E-state index in [2.05, 4.69) is 21.2 Å². The van der Waals surface area contributed by atoms with E-state index in [1.165, 1.54) is 12.1 Å². The van der Waals surface area contributed by atoms with Crippen molar-refractivity contribution in [3.05, 3.63) is 63.9 Å². The van der Waals surface area contributed by atoms with Crippen molar-refractivity contribution in [2.75, 3.05) is 12.4 Å². The average Bonchev–Trinajstić information content (AvgIpc) is 2.42. The number of hydrogen-bond acceptors (Lipinski definition) is 2. The summed E-state index contributed by atoms with van der Waals surface area (Å²) in [5, 5.41) is 2.73. The fourth-order valence-electron chi connectivity index (χ4n) is 1.78. The maximum Gasteiger partial charge on any atom is 0.256 e. The molecule has 1 amide bonds. The van der Waals surface area contributed by atoms with E-state index in [1.54, 1.807) is 19.2 Å². The summed E-state index contributed by atoms with van der Waals surface area (Å²) in [5.74, 6) is -0.836. The van der Waals surface area contributed by atoms with Crippen molar-refractivity contribution < 1.29 is 13.9 Å². The van der Waals surface area contributed by atoms with Crippen LogP contribution < -0.4 is 5.32 Å². The van der Waals surface area contributed by atoms with Gasteiger partial charge in [0, 0.05) is 12.8 Å². The second kappa shape index (κ2) is 6.63. The molecule has 104 valence electrons. The lowest BCUT2D eigenvalue weighted by Crippen LogP contribution is -2.13. The van der Waals surface area contributed by atoms with E-state index >= 15 is 0 Å². The van der Waals surface area contributed by atoms with Crippen LogP contribution in [0.15, 0.2) is 46.9 Å². The number of nitrogens with one attached hydrogen (secondary N) is 1. The van der Waals surface area contributed by atoms with Gasteiger partial charge in [0.15, 0.2) is 0 Å². The van der Waals surface area contributed by atoms with Crippen molar-refractivity contribution in [2.24, 2.45) is 0 Å². The van der Waals surface area contributed by atoms with E-state index in [1.807, 2.05) is 18.2 Å². The molecular formula is C15H13BrFNO2. The highest BCUT2D eigenvalue weighted by atomic mass is 79.9. The van der Waals surface area contributed by atoms with Gasteiger partial charge in [-0.05, 0) is 45.8 Å². The van der Waals surface area contributed by atoms with Crippen molar-refractivity contribution in [1.82, 2.24) is 0 Å². The average molecular weight is 338 g/mol. The molecule has 2 aromatic rings. The Labute approximate surface area is 124 Å². The summed E-state index contributed by atoms with van der Waals surface area (Å²) >= 11 is 3.08. The monoisotopic (exact) mass is 337 g/mol. The number of anilines is 1. The molecule has 0 aliphatic heterocycles. The summed E-state index contributed by atoms with van der Waals surface area (Å²) in [5.41, 5.74) is 1.84. The van der Waals surface area contributed by atoms with Gasteiger partial charge in [-0.3, -0.25) is 4.79 Å². The third-order valence-electron chi connectivity index (χ3n) is 2.69. The molecule has 2 rings (SSSR count). The molecule has 0 aliphatic carbocycles. The minimum Gasteiger partial charge on any atom is -0.380 e. The summed E-state index contributed by atoms with van der Waals surface area (Å²) in [7, 11) is 1.61. The number of halogens is 2. The van der Waals surface area contributed by atoms with Crippen molar-refractivity contribution >= 4 is 27.5 Å². The van der Waals surface area contributed by atoms with Crippen LogP contribution in [0.2, 0.25) is 0 Å². The van der Waals surface area contributed by atoms with E-state index < -0.39 is 5.82 Å². The van der Waals surface area contributed by atoms with E-state index in [0.29, 0.717) is 12.3 Å². The number of hydrogen-bond donors (Lipinski definition) is 1. The highest BCUT2D eigenvalue weighted by Crippen LogP contribution is 2.22. The number of carbonyl (C=O) groups is 1. The van der Waals surface area contributed by atoms with Crippen LogP contribution in [0.25, 0.3) is 0 Å². The Bertz CT molecular complexity index is 631. The standard InChI is InChI=1S/C15H13BrFNO2/c1-20-9-10-4-2-5-11(8-10)18-15(19)12-6-3-7-13(17)14(12)16/h2-8H,9H2,1H3,(H,18,19). The molecule has 0 saturated heterocycles. The lowest BCUT2D eigenvalue weighted by atomic mass is 10.2. The molecule has 0 aromatic heterocycles. The van der Waals surface area contributed by atoms with Crippen molar-refractivity contribution in [3.63, 3.8) is 0 Å². The van der Waals surface area contributed by atoms with Gasteiger partial charge in [0.25, 0.3) is 5.91 Å². The fourth-order valence-corrected chi connectivity index (χ4v) is 2.23. The predicted octanol–water partition coefficient (Wildman–Crippen LogP) is 3.99. The zero-order valence-corrected chi connectivity index (χ0v) is 12.4. The van der Waals surface area contributed by atoms with Crippen LogP contribution >= 0.6 is 15.9 Å². The smallest absolute Gasteiger partial charge is 0.256 e. The Kier molecular flexibility index (Phi) is 4.87. The van der Waals surface area contributed by atoms with Gasteiger partial charge in [0.2, 0.25) is 0 Å². The maximum absolute atomic E-state index is 13.4. The Morgan fingerprint density at radius 3 is 2.80 bits per heavy atom. The van der Waals surface area contributed by atoms with E-state index in [9.17, 15) is 9.18 Å². The fraction of sp³-hybridized carbons (Fsp3) is 0.133. The highest BCUT2D eigenvalue weighted by molar-refractivity contribution is 9.10. The predicted molar refractivity (Wildman–Crippen MR) is 79.2 cm³/mol. The molecule has 2 aromatic carbocycles. The molecule has 0 bridgehead atoms. The van der Waals surface area contributed by atoms with Gasteiger partial charge >= 0.3 is 0 Å². The lowest BCUT2D eigenvalue weighted by Gasteiger charge is -2.08. The first-order valence-corrected chi connectivity index (χ1v) is 6.74. The first-order valence-electron chi connectivity index (χ1n) is 5.95.